The molecule has 1 heterocycles. The fourth-order valence-corrected chi connectivity index (χ4v) is 2.99. The molecular weight excluding hydrogens is 394 g/mol. The van der Waals surface area contributed by atoms with Crippen molar-refractivity contribution in [2.45, 2.75) is 43.4 Å². The Morgan fingerprint density at radius 2 is 1.82 bits per heavy atom. The van der Waals surface area contributed by atoms with Crippen LogP contribution < -0.4 is 22.1 Å². The van der Waals surface area contributed by atoms with Gasteiger partial charge in [-0.1, -0.05) is 0 Å². The van der Waals surface area contributed by atoms with Crippen LogP contribution in [0.2, 0.25) is 0 Å². The Balaban J connectivity index is 2.78. The van der Waals surface area contributed by atoms with Gasteiger partial charge in [-0.3, -0.25) is 19.2 Å². The van der Waals surface area contributed by atoms with Crippen molar-refractivity contribution in [3.8, 4) is 0 Å². The maximum atomic E-state index is 12.5. The van der Waals surface area contributed by atoms with Crippen molar-refractivity contribution in [1.29, 1.82) is 0 Å². The molecule has 0 saturated carbocycles. The minimum atomic E-state index is -1.55. The van der Waals surface area contributed by atoms with Gasteiger partial charge in [0.25, 0.3) is 0 Å². The lowest BCUT2D eigenvalue weighted by Gasteiger charge is -2.27. The Kier molecular flexibility index (Phi) is 9.15. The van der Waals surface area contributed by atoms with Gasteiger partial charge in [-0.25, -0.2) is 4.79 Å². The number of nitrogens with zero attached hydrogens (tertiary/aromatic N) is 1. The number of nitrogens with one attached hydrogen (secondary N) is 2. The summed E-state index contributed by atoms with van der Waals surface area (Å²) in [6.07, 6.45) is 0.272. The van der Waals surface area contributed by atoms with Gasteiger partial charge in [0.05, 0.1) is 13.0 Å². The second kappa shape index (κ2) is 10.8. The largest absolute Gasteiger partial charge is 0.480 e. The number of aliphatic hydroxyl groups is 1. The Morgan fingerprint density at radius 3 is 2.32 bits per heavy atom. The van der Waals surface area contributed by atoms with Crippen LogP contribution in [-0.4, -0.2) is 87.8 Å². The van der Waals surface area contributed by atoms with E-state index in [1.54, 1.807) is 0 Å². The predicted molar refractivity (Wildman–Crippen MR) is 99.0 cm³/mol. The van der Waals surface area contributed by atoms with Gasteiger partial charge in [-0.2, -0.15) is 12.6 Å². The molecule has 4 atom stereocenters. The number of amides is 4. The third-order valence-electron chi connectivity index (χ3n) is 4.19. The van der Waals surface area contributed by atoms with Crippen LogP contribution in [0, 0.1) is 0 Å². The molecule has 0 aliphatic carbocycles. The fourth-order valence-electron chi connectivity index (χ4n) is 2.73. The predicted octanol–water partition coefficient (Wildman–Crippen LogP) is -3.84. The van der Waals surface area contributed by atoms with Gasteiger partial charge < -0.3 is 37.2 Å². The van der Waals surface area contributed by atoms with E-state index in [1.807, 2.05) is 0 Å². The standard InChI is InChI=1S/C15H25N5O7S/c16-7(5-21)14(25)20-3-1-2-10(20)13(24)19-9(6-28)12(23)18-8(15(26)27)4-11(17)22/h7-10,21,28H,1-6,16H2,(H2,17,22)(H,18,23)(H,19,24)(H,26,27). The van der Waals surface area contributed by atoms with Crippen LogP contribution in [0.4, 0.5) is 0 Å². The molecule has 1 fully saturated rings. The van der Waals surface area contributed by atoms with Gasteiger partial charge in [-0.05, 0) is 12.8 Å². The maximum Gasteiger partial charge on any atom is 0.326 e. The quantitative estimate of drug-likeness (QED) is 0.174. The Bertz CT molecular complexity index is 632. The molecule has 4 unspecified atom stereocenters. The molecule has 0 radical (unpaired) electrons. The molecule has 0 spiro atoms. The third-order valence-corrected chi connectivity index (χ3v) is 4.55. The highest BCUT2D eigenvalue weighted by Crippen LogP contribution is 2.18. The normalized spacial score (nSPS) is 19.4. The molecule has 0 bridgehead atoms. The summed E-state index contributed by atoms with van der Waals surface area (Å²) in [6, 6.07) is -4.77. The van der Waals surface area contributed by atoms with Gasteiger partial charge in [-0.15, -0.1) is 0 Å². The Labute approximate surface area is 166 Å². The molecule has 1 saturated heterocycles. The summed E-state index contributed by atoms with van der Waals surface area (Å²) in [5.41, 5.74) is 10.5. The minimum absolute atomic E-state index is 0.155. The van der Waals surface area contributed by atoms with Gasteiger partial charge in [0, 0.05) is 12.3 Å². The van der Waals surface area contributed by atoms with Crippen LogP contribution in [0.5, 0.6) is 0 Å². The Morgan fingerprint density at radius 1 is 1.18 bits per heavy atom. The molecule has 28 heavy (non-hydrogen) atoms. The lowest BCUT2D eigenvalue weighted by atomic mass is 10.1. The van der Waals surface area contributed by atoms with Gasteiger partial charge in [0.2, 0.25) is 23.6 Å². The van der Waals surface area contributed by atoms with E-state index in [2.05, 4.69) is 23.3 Å². The lowest BCUT2D eigenvalue weighted by Crippen LogP contribution is -2.57. The number of carboxylic acids is 1. The van der Waals surface area contributed by atoms with E-state index in [1.165, 1.54) is 4.90 Å². The summed E-state index contributed by atoms with van der Waals surface area (Å²) in [5, 5.41) is 22.6. The molecule has 1 aliphatic rings. The first-order chi connectivity index (χ1) is 13.1. The first kappa shape index (κ1) is 23.7. The number of carboxylic acid groups (broad SMARTS) is 1. The second-order valence-electron chi connectivity index (χ2n) is 6.29. The number of aliphatic hydroxyl groups excluding tert-OH is 1. The molecule has 0 aromatic rings. The number of primary amides is 1. The van der Waals surface area contributed by atoms with E-state index >= 15 is 0 Å². The summed E-state index contributed by atoms with van der Waals surface area (Å²) >= 11 is 3.98. The average Bonchev–Trinajstić information content (AvgIpc) is 3.13. The Hall–Kier alpha value is -2.38. The summed E-state index contributed by atoms with van der Waals surface area (Å²) in [7, 11) is 0. The second-order valence-corrected chi connectivity index (χ2v) is 6.66. The third kappa shape index (κ3) is 6.35. The highest BCUT2D eigenvalue weighted by atomic mass is 32.1. The van der Waals surface area contributed by atoms with Crippen molar-refractivity contribution in [3.63, 3.8) is 0 Å². The van der Waals surface area contributed by atoms with Crippen LogP contribution in [0.15, 0.2) is 0 Å². The zero-order valence-electron chi connectivity index (χ0n) is 15.0. The SMILES string of the molecule is NC(=O)CC(NC(=O)C(CS)NC(=O)C1CCCN1C(=O)C(N)CO)C(=O)O. The molecule has 0 aromatic carbocycles. The topological polar surface area (TPSA) is 205 Å². The number of thiol groups is 1. The number of carbonyl (C=O) groups excluding carboxylic acids is 4. The van der Waals surface area contributed by atoms with E-state index in [0.717, 1.165) is 0 Å². The first-order valence-corrected chi connectivity index (χ1v) is 9.15. The van der Waals surface area contributed by atoms with E-state index in [4.69, 9.17) is 21.7 Å². The summed E-state index contributed by atoms with van der Waals surface area (Å²) in [5.74, 6) is -4.61. The molecule has 158 valence electrons. The highest BCUT2D eigenvalue weighted by molar-refractivity contribution is 7.80. The highest BCUT2D eigenvalue weighted by Gasteiger charge is 2.37. The number of hydrogen-bond acceptors (Lipinski definition) is 8. The molecule has 13 heteroatoms. The van der Waals surface area contributed by atoms with Crippen molar-refractivity contribution in [2.75, 3.05) is 18.9 Å². The summed E-state index contributed by atoms with van der Waals surface area (Å²) < 4.78 is 0. The maximum absolute atomic E-state index is 12.5. The van der Waals surface area contributed by atoms with Gasteiger partial charge >= 0.3 is 5.97 Å². The van der Waals surface area contributed by atoms with E-state index in [0.29, 0.717) is 12.8 Å². The van der Waals surface area contributed by atoms with E-state index < -0.39 is 66.8 Å². The van der Waals surface area contributed by atoms with Gasteiger partial charge in [0.1, 0.15) is 24.2 Å². The summed E-state index contributed by atoms with van der Waals surface area (Å²) in [4.78, 5) is 60.2. The van der Waals surface area contributed by atoms with Crippen molar-refractivity contribution in [2.24, 2.45) is 11.5 Å². The monoisotopic (exact) mass is 419 g/mol. The number of carbonyl (C=O) groups is 5. The first-order valence-electron chi connectivity index (χ1n) is 8.52. The minimum Gasteiger partial charge on any atom is -0.480 e. The van der Waals surface area contributed by atoms with Crippen molar-refractivity contribution in [3.05, 3.63) is 0 Å². The van der Waals surface area contributed by atoms with Crippen LogP contribution in [0.25, 0.3) is 0 Å². The van der Waals surface area contributed by atoms with Crippen LogP contribution >= 0.6 is 12.6 Å². The zero-order valence-corrected chi connectivity index (χ0v) is 15.9. The molecule has 0 aromatic heterocycles. The van der Waals surface area contributed by atoms with Gasteiger partial charge in [0.15, 0.2) is 0 Å². The number of nitrogens with two attached hydrogens (primary N) is 2. The number of likely N-dealkylation sites (tertiary alicyclic amines) is 1. The summed E-state index contributed by atoms with van der Waals surface area (Å²) in [6.45, 7) is -0.288. The molecule has 8 N–H and O–H groups in total. The van der Waals surface area contributed by atoms with Crippen molar-refractivity contribution < 1.29 is 34.2 Å². The molecule has 1 rings (SSSR count). The zero-order chi connectivity index (χ0) is 21.4. The van der Waals surface area contributed by atoms with Crippen LogP contribution in [-0.2, 0) is 24.0 Å². The van der Waals surface area contributed by atoms with Crippen LogP contribution in [0.3, 0.4) is 0 Å². The number of rotatable bonds is 10. The van der Waals surface area contributed by atoms with Crippen molar-refractivity contribution in [1.82, 2.24) is 15.5 Å². The molecule has 1 aliphatic heterocycles. The van der Waals surface area contributed by atoms with E-state index in [-0.39, 0.29) is 12.3 Å². The fraction of sp³-hybridized carbons (Fsp3) is 0.667. The van der Waals surface area contributed by atoms with Crippen molar-refractivity contribution >= 4 is 42.2 Å². The molecular formula is C15H25N5O7S. The number of aliphatic carboxylic acids is 1. The van der Waals surface area contributed by atoms with E-state index in [9.17, 15) is 24.0 Å². The average molecular weight is 419 g/mol. The smallest absolute Gasteiger partial charge is 0.326 e. The van der Waals surface area contributed by atoms with Crippen LogP contribution in [0.1, 0.15) is 19.3 Å². The number of hydrogen-bond donors (Lipinski definition) is 7. The molecule has 4 amide bonds. The lowest BCUT2D eigenvalue weighted by molar-refractivity contribution is -0.144. The molecule has 12 nitrogen and oxygen atoms in total.